The highest BCUT2D eigenvalue weighted by Gasteiger charge is 2.21. The molecule has 1 rings (SSSR count). The molecule has 0 spiro atoms. The fourth-order valence-electron chi connectivity index (χ4n) is 1.45. The maximum absolute atomic E-state index is 11.9. The number of nitrogens with one attached hydrogen (secondary N) is 1. The fraction of sp³-hybridized carbons (Fsp3) is 0.250. The van der Waals surface area contributed by atoms with Crippen LogP contribution in [-0.2, 0) is 9.59 Å². The molecule has 0 aliphatic carbocycles. The van der Waals surface area contributed by atoms with Gasteiger partial charge in [0, 0.05) is 22.0 Å². The second kappa shape index (κ2) is 7.12. The maximum Gasteiger partial charge on any atom is 0.326 e. The maximum atomic E-state index is 11.9. The molecule has 0 radical (unpaired) electrons. The van der Waals surface area contributed by atoms with Crippen molar-refractivity contribution in [1.29, 1.82) is 0 Å². The Kier molecular flexibility index (Phi) is 5.79. The summed E-state index contributed by atoms with van der Waals surface area (Å²) in [6, 6.07) is 2.80. The number of carboxylic acid groups (broad SMARTS) is 2. The molecule has 8 heteroatoms. The van der Waals surface area contributed by atoms with Gasteiger partial charge in [0.15, 0.2) is 0 Å². The molecule has 0 saturated heterocycles. The number of amides is 1. The number of aliphatic carboxylic acids is 2. The highest BCUT2D eigenvalue weighted by Crippen LogP contribution is 2.19. The summed E-state index contributed by atoms with van der Waals surface area (Å²) in [5, 5.41) is 20.2. The molecule has 1 atom stereocenters. The Balaban J connectivity index is 2.79. The summed E-state index contributed by atoms with van der Waals surface area (Å²) >= 11 is 11.5. The zero-order valence-electron chi connectivity index (χ0n) is 10.1. The van der Waals surface area contributed by atoms with Gasteiger partial charge in [-0.15, -0.1) is 0 Å². The SMILES string of the molecule is O=C(O)CCC(NC(=O)c1cc(Cl)cc(Cl)c1)C(=O)O. The van der Waals surface area contributed by atoms with Gasteiger partial charge in [0.1, 0.15) is 6.04 Å². The lowest BCUT2D eigenvalue weighted by Gasteiger charge is -2.13. The lowest BCUT2D eigenvalue weighted by molar-refractivity contribution is -0.140. The van der Waals surface area contributed by atoms with E-state index in [1.54, 1.807) is 0 Å². The van der Waals surface area contributed by atoms with Crippen molar-refractivity contribution in [3.05, 3.63) is 33.8 Å². The van der Waals surface area contributed by atoms with E-state index in [1.165, 1.54) is 18.2 Å². The largest absolute Gasteiger partial charge is 0.481 e. The van der Waals surface area contributed by atoms with Gasteiger partial charge in [0.05, 0.1) is 0 Å². The van der Waals surface area contributed by atoms with Crippen LogP contribution in [-0.4, -0.2) is 34.1 Å². The first-order chi connectivity index (χ1) is 9.29. The van der Waals surface area contributed by atoms with Crippen molar-refractivity contribution in [2.45, 2.75) is 18.9 Å². The first-order valence-electron chi connectivity index (χ1n) is 5.51. The van der Waals surface area contributed by atoms with E-state index in [2.05, 4.69) is 5.32 Å². The number of hydrogen-bond donors (Lipinski definition) is 3. The Morgan fingerprint density at radius 2 is 1.65 bits per heavy atom. The number of benzene rings is 1. The minimum Gasteiger partial charge on any atom is -0.481 e. The highest BCUT2D eigenvalue weighted by atomic mass is 35.5. The van der Waals surface area contributed by atoms with Gasteiger partial charge in [-0.2, -0.15) is 0 Å². The molecule has 108 valence electrons. The topological polar surface area (TPSA) is 104 Å². The first-order valence-corrected chi connectivity index (χ1v) is 6.26. The molecule has 0 bridgehead atoms. The quantitative estimate of drug-likeness (QED) is 0.744. The van der Waals surface area contributed by atoms with Crippen molar-refractivity contribution in [1.82, 2.24) is 5.32 Å². The molecule has 0 aliphatic rings. The number of carbonyl (C=O) groups is 3. The van der Waals surface area contributed by atoms with E-state index in [-0.39, 0.29) is 28.5 Å². The third kappa shape index (κ3) is 5.07. The van der Waals surface area contributed by atoms with E-state index in [4.69, 9.17) is 33.4 Å². The minimum absolute atomic E-state index is 0.101. The predicted molar refractivity (Wildman–Crippen MR) is 72.2 cm³/mol. The number of carboxylic acids is 2. The van der Waals surface area contributed by atoms with E-state index in [9.17, 15) is 14.4 Å². The smallest absolute Gasteiger partial charge is 0.326 e. The number of hydrogen-bond acceptors (Lipinski definition) is 3. The molecule has 0 aromatic heterocycles. The monoisotopic (exact) mass is 319 g/mol. The first kappa shape index (κ1) is 16.3. The van der Waals surface area contributed by atoms with E-state index in [1.807, 2.05) is 0 Å². The van der Waals surface area contributed by atoms with Gasteiger partial charge < -0.3 is 15.5 Å². The lowest BCUT2D eigenvalue weighted by atomic mass is 10.1. The zero-order chi connectivity index (χ0) is 15.3. The Hall–Kier alpha value is -1.79. The van der Waals surface area contributed by atoms with Gasteiger partial charge in [-0.1, -0.05) is 23.2 Å². The third-order valence-corrected chi connectivity index (χ3v) is 2.81. The van der Waals surface area contributed by atoms with Crippen LogP contribution in [0.5, 0.6) is 0 Å². The van der Waals surface area contributed by atoms with E-state index >= 15 is 0 Å². The molecule has 0 heterocycles. The summed E-state index contributed by atoms with van der Waals surface area (Å²) in [7, 11) is 0. The van der Waals surface area contributed by atoms with Gasteiger partial charge in [-0.05, 0) is 24.6 Å². The third-order valence-electron chi connectivity index (χ3n) is 2.38. The van der Waals surface area contributed by atoms with Crippen molar-refractivity contribution in [2.75, 3.05) is 0 Å². The van der Waals surface area contributed by atoms with Crippen LogP contribution in [0.15, 0.2) is 18.2 Å². The van der Waals surface area contributed by atoms with Crippen LogP contribution in [0.2, 0.25) is 10.0 Å². The normalized spacial score (nSPS) is 11.7. The van der Waals surface area contributed by atoms with Crippen LogP contribution in [0.3, 0.4) is 0 Å². The molecular formula is C12H11Cl2NO5. The minimum atomic E-state index is -1.31. The summed E-state index contributed by atoms with van der Waals surface area (Å²) in [6.07, 6.45) is -0.585. The van der Waals surface area contributed by atoms with Crippen molar-refractivity contribution in [3.8, 4) is 0 Å². The van der Waals surface area contributed by atoms with Crippen LogP contribution < -0.4 is 5.32 Å². The van der Waals surface area contributed by atoms with E-state index < -0.39 is 23.9 Å². The van der Waals surface area contributed by atoms with Gasteiger partial charge in [0.25, 0.3) is 5.91 Å². The Morgan fingerprint density at radius 1 is 1.10 bits per heavy atom. The summed E-state index contributed by atoms with van der Waals surface area (Å²) in [5.41, 5.74) is 0.101. The highest BCUT2D eigenvalue weighted by molar-refractivity contribution is 6.35. The zero-order valence-corrected chi connectivity index (χ0v) is 11.6. The van der Waals surface area contributed by atoms with E-state index in [0.29, 0.717) is 0 Å². The predicted octanol–water partition coefficient (Wildman–Crippen LogP) is 2.04. The Labute approximate surface area is 124 Å². The average Bonchev–Trinajstić information content (AvgIpc) is 2.32. The lowest BCUT2D eigenvalue weighted by Crippen LogP contribution is -2.41. The molecule has 0 saturated carbocycles. The number of halogens is 2. The van der Waals surface area contributed by atoms with Crippen molar-refractivity contribution >= 4 is 41.0 Å². The van der Waals surface area contributed by atoms with Gasteiger partial charge >= 0.3 is 11.9 Å². The molecule has 3 N–H and O–H groups in total. The van der Waals surface area contributed by atoms with Crippen LogP contribution in [0.25, 0.3) is 0 Å². The Morgan fingerprint density at radius 3 is 2.10 bits per heavy atom. The molecule has 20 heavy (non-hydrogen) atoms. The molecule has 1 aromatic carbocycles. The summed E-state index contributed by atoms with van der Waals surface area (Å²) in [5.74, 6) is -3.14. The molecular weight excluding hydrogens is 309 g/mol. The van der Waals surface area contributed by atoms with Crippen LogP contribution in [0.1, 0.15) is 23.2 Å². The number of carbonyl (C=O) groups excluding carboxylic acids is 1. The van der Waals surface area contributed by atoms with Crippen LogP contribution >= 0.6 is 23.2 Å². The Bertz CT molecular complexity index is 526. The van der Waals surface area contributed by atoms with Crippen LogP contribution in [0.4, 0.5) is 0 Å². The summed E-state index contributed by atoms with van der Waals surface area (Å²) in [6.45, 7) is 0. The van der Waals surface area contributed by atoms with Crippen molar-refractivity contribution in [3.63, 3.8) is 0 Å². The van der Waals surface area contributed by atoms with Crippen molar-refractivity contribution in [2.24, 2.45) is 0 Å². The molecule has 1 unspecified atom stereocenters. The second-order valence-corrected chi connectivity index (χ2v) is 4.83. The van der Waals surface area contributed by atoms with Crippen molar-refractivity contribution < 1.29 is 24.6 Å². The van der Waals surface area contributed by atoms with Gasteiger partial charge in [-0.25, -0.2) is 4.79 Å². The molecule has 0 fully saturated rings. The fourth-order valence-corrected chi connectivity index (χ4v) is 1.98. The average molecular weight is 320 g/mol. The van der Waals surface area contributed by atoms with Gasteiger partial charge in [-0.3, -0.25) is 9.59 Å². The molecule has 0 aliphatic heterocycles. The van der Waals surface area contributed by atoms with Gasteiger partial charge in [0.2, 0.25) is 0 Å². The number of rotatable bonds is 6. The summed E-state index contributed by atoms with van der Waals surface area (Å²) in [4.78, 5) is 33.3. The second-order valence-electron chi connectivity index (χ2n) is 3.95. The standard InChI is InChI=1S/C12H11Cl2NO5/c13-7-3-6(4-8(14)5-7)11(18)15-9(12(19)20)1-2-10(16)17/h3-5,9H,1-2H2,(H,15,18)(H,16,17)(H,19,20). The van der Waals surface area contributed by atoms with Crippen LogP contribution in [0, 0.1) is 0 Å². The molecule has 1 aromatic rings. The molecule has 1 amide bonds. The molecule has 6 nitrogen and oxygen atoms in total. The van der Waals surface area contributed by atoms with E-state index in [0.717, 1.165) is 0 Å². The summed E-state index contributed by atoms with van der Waals surface area (Å²) < 4.78 is 0.